The average molecular weight is 481 g/mol. The molecule has 7 heteroatoms. The van der Waals surface area contributed by atoms with Crippen molar-refractivity contribution in [2.24, 2.45) is 10.4 Å². The van der Waals surface area contributed by atoms with Gasteiger partial charge in [-0.15, -0.1) is 24.0 Å². The maximum absolute atomic E-state index is 10.8. The summed E-state index contributed by atoms with van der Waals surface area (Å²) < 4.78 is 11.1. The number of hydrogen-bond donors (Lipinski definition) is 3. The van der Waals surface area contributed by atoms with E-state index < -0.39 is 5.60 Å². The minimum absolute atomic E-state index is 0. The van der Waals surface area contributed by atoms with Crippen molar-refractivity contribution in [3.05, 3.63) is 23.2 Å². The van der Waals surface area contributed by atoms with Crippen LogP contribution in [0.3, 0.4) is 0 Å². The maximum atomic E-state index is 10.8. The molecule has 2 unspecified atom stereocenters. The molecule has 0 saturated heterocycles. The van der Waals surface area contributed by atoms with Crippen molar-refractivity contribution < 1.29 is 14.3 Å². The van der Waals surface area contributed by atoms with Crippen LogP contribution in [0.2, 0.25) is 0 Å². The van der Waals surface area contributed by atoms with E-state index in [4.69, 9.17) is 9.15 Å². The summed E-state index contributed by atoms with van der Waals surface area (Å²) in [5.41, 5.74) is -0.292. The molecule has 0 amide bonds. The number of aliphatic imine (C=N–C) groups is 1. The number of guanidine groups is 1. The molecule has 3 N–H and O–H groups in total. The van der Waals surface area contributed by atoms with E-state index in [0.29, 0.717) is 12.5 Å². The molecule has 1 rings (SSSR count). The number of methoxy groups -OCH3 is 1. The predicted molar refractivity (Wildman–Crippen MR) is 117 cm³/mol. The molecule has 0 saturated carbocycles. The van der Waals surface area contributed by atoms with Crippen LogP contribution in [-0.4, -0.2) is 43.9 Å². The van der Waals surface area contributed by atoms with Gasteiger partial charge in [-0.05, 0) is 39.2 Å². The SMILES string of the molecule is CCNC(=NCC(C)(O)c1cc(C)oc1C)NCC(OC)C(C)(C)C.I. The number of hydrogen-bond acceptors (Lipinski definition) is 4. The molecule has 6 nitrogen and oxygen atoms in total. The van der Waals surface area contributed by atoms with Crippen molar-refractivity contribution in [2.45, 2.75) is 60.2 Å². The monoisotopic (exact) mass is 481 g/mol. The molecular weight excluding hydrogens is 445 g/mol. The van der Waals surface area contributed by atoms with Gasteiger partial charge in [0.2, 0.25) is 0 Å². The Kier molecular flexibility index (Phi) is 10.2. The number of nitrogens with one attached hydrogen (secondary N) is 2. The Morgan fingerprint density at radius 3 is 2.31 bits per heavy atom. The molecular formula is C19H36IN3O3. The van der Waals surface area contributed by atoms with Gasteiger partial charge in [0.25, 0.3) is 0 Å². The van der Waals surface area contributed by atoms with Crippen molar-refractivity contribution in [1.29, 1.82) is 0 Å². The van der Waals surface area contributed by atoms with Crippen LogP contribution in [0.4, 0.5) is 0 Å². The molecule has 0 radical (unpaired) electrons. The fourth-order valence-corrected chi connectivity index (χ4v) is 2.76. The Hall–Kier alpha value is -0.800. The number of nitrogens with zero attached hydrogens (tertiary/aromatic N) is 1. The van der Waals surface area contributed by atoms with Gasteiger partial charge in [0.05, 0.1) is 12.6 Å². The summed E-state index contributed by atoms with van der Waals surface area (Å²) in [6.07, 6.45) is 0.0515. The molecule has 0 bridgehead atoms. The van der Waals surface area contributed by atoms with Crippen molar-refractivity contribution in [3.63, 3.8) is 0 Å². The Labute approximate surface area is 175 Å². The number of furan rings is 1. The van der Waals surface area contributed by atoms with Crippen molar-refractivity contribution in [1.82, 2.24) is 10.6 Å². The van der Waals surface area contributed by atoms with Crippen LogP contribution in [0.15, 0.2) is 15.5 Å². The predicted octanol–water partition coefficient (Wildman–Crippen LogP) is 3.34. The average Bonchev–Trinajstić information content (AvgIpc) is 2.83. The normalized spacial score (nSPS) is 15.8. The molecule has 2 atom stereocenters. The highest BCUT2D eigenvalue weighted by Crippen LogP contribution is 2.27. The first-order valence-electron chi connectivity index (χ1n) is 8.86. The first-order chi connectivity index (χ1) is 11.5. The van der Waals surface area contributed by atoms with Gasteiger partial charge in [0, 0.05) is 25.8 Å². The zero-order valence-corrected chi connectivity index (χ0v) is 19.7. The number of rotatable bonds is 7. The van der Waals surface area contributed by atoms with Crippen LogP contribution in [0.5, 0.6) is 0 Å². The van der Waals surface area contributed by atoms with Gasteiger partial charge in [-0.3, -0.25) is 0 Å². The van der Waals surface area contributed by atoms with Crippen LogP contribution in [0.25, 0.3) is 0 Å². The lowest BCUT2D eigenvalue weighted by atomic mass is 9.89. The maximum Gasteiger partial charge on any atom is 0.191 e. The van der Waals surface area contributed by atoms with Gasteiger partial charge in [-0.1, -0.05) is 20.8 Å². The third-order valence-corrected chi connectivity index (χ3v) is 4.22. The zero-order valence-electron chi connectivity index (χ0n) is 17.4. The molecule has 0 aliphatic heterocycles. The smallest absolute Gasteiger partial charge is 0.191 e. The third kappa shape index (κ3) is 7.44. The molecule has 1 heterocycles. The largest absolute Gasteiger partial charge is 0.466 e. The van der Waals surface area contributed by atoms with E-state index in [1.807, 2.05) is 26.8 Å². The van der Waals surface area contributed by atoms with Gasteiger partial charge in [-0.25, -0.2) is 4.99 Å². The van der Waals surface area contributed by atoms with Gasteiger partial charge < -0.3 is 24.9 Å². The topological polar surface area (TPSA) is 79.0 Å². The second-order valence-corrected chi connectivity index (χ2v) is 7.77. The molecule has 0 fully saturated rings. The lowest BCUT2D eigenvalue weighted by Crippen LogP contribution is -2.45. The zero-order chi connectivity index (χ0) is 19.3. The second-order valence-electron chi connectivity index (χ2n) is 7.77. The minimum Gasteiger partial charge on any atom is -0.466 e. The lowest BCUT2D eigenvalue weighted by molar-refractivity contribution is 0.0204. The first kappa shape index (κ1) is 25.2. The Morgan fingerprint density at radius 2 is 1.88 bits per heavy atom. The summed E-state index contributed by atoms with van der Waals surface area (Å²) in [5, 5.41) is 17.3. The summed E-state index contributed by atoms with van der Waals surface area (Å²) in [6, 6.07) is 1.87. The molecule has 152 valence electrons. The summed E-state index contributed by atoms with van der Waals surface area (Å²) in [5.74, 6) is 2.17. The molecule has 0 aliphatic rings. The highest BCUT2D eigenvalue weighted by molar-refractivity contribution is 14.0. The first-order valence-corrected chi connectivity index (χ1v) is 8.86. The summed E-state index contributed by atoms with van der Waals surface area (Å²) >= 11 is 0. The minimum atomic E-state index is -1.09. The van der Waals surface area contributed by atoms with E-state index in [-0.39, 0.29) is 42.0 Å². The van der Waals surface area contributed by atoms with Crippen molar-refractivity contribution >= 4 is 29.9 Å². The molecule has 1 aromatic rings. The lowest BCUT2D eigenvalue weighted by Gasteiger charge is -2.30. The molecule has 0 spiro atoms. The van der Waals surface area contributed by atoms with E-state index in [1.54, 1.807) is 14.0 Å². The number of aryl methyl sites for hydroxylation is 2. The van der Waals surface area contributed by atoms with Crippen LogP contribution in [0, 0.1) is 19.3 Å². The van der Waals surface area contributed by atoms with Gasteiger partial charge in [0.1, 0.15) is 17.1 Å². The number of aliphatic hydroxyl groups is 1. The van der Waals surface area contributed by atoms with E-state index in [9.17, 15) is 5.11 Å². The number of ether oxygens (including phenoxy) is 1. The standard InChI is InChI=1S/C19H35N3O3.HI/c1-9-20-17(21-11-16(24-8)18(4,5)6)22-12-19(7,23)15-10-13(2)25-14(15)3;/h10,16,23H,9,11-12H2,1-8H3,(H2,20,21,22);1H. The molecule has 0 aliphatic carbocycles. The van der Waals surface area contributed by atoms with Crippen LogP contribution in [0.1, 0.15) is 51.7 Å². The van der Waals surface area contributed by atoms with E-state index in [2.05, 4.69) is 36.4 Å². The molecule has 26 heavy (non-hydrogen) atoms. The van der Waals surface area contributed by atoms with E-state index in [1.165, 1.54) is 0 Å². The van der Waals surface area contributed by atoms with Crippen molar-refractivity contribution in [2.75, 3.05) is 26.7 Å². The fraction of sp³-hybridized carbons (Fsp3) is 0.737. The molecule has 1 aromatic heterocycles. The quantitative estimate of drug-likeness (QED) is 0.316. The third-order valence-electron chi connectivity index (χ3n) is 4.22. The van der Waals surface area contributed by atoms with E-state index in [0.717, 1.165) is 23.6 Å². The van der Waals surface area contributed by atoms with Crippen molar-refractivity contribution in [3.8, 4) is 0 Å². The Bertz CT molecular complexity index is 577. The van der Waals surface area contributed by atoms with Gasteiger partial charge in [-0.2, -0.15) is 0 Å². The van der Waals surface area contributed by atoms with Crippen LogP contribution >= 0.6 is 24.0 Å². The second kappa shape index (κ2) is 10.5. The summed E-state index contributed by atoms with van der Waals surface area (Å²) in [7, 11) is 1.72. The summed E-state index contributed by atoms with van der Waals surface area (Å²) in [4.78, 5) is 4.55. The Morgan fingerprint density at radius 1 is 1.27 bits per heavy atom. The highest BCUT2D eigenvalue weighted by atomic mass is 127. The highest BCUT2D eigenvalue weighted by Gasteiger charge is 2.28. The van der Waals surface area contributed by atoms with Crippen LogP contribution < -0.4 is 10.6 Å². The van der Waals surface area contributed by atoms with E-state index >= 15 is 0 Å². The van der Waals surface area contributed by atoms with Gasteiger partial charge >= 0.3 is 0 Å². The molecule has 0 aromatic carbocycles. The number of halogens is 1. The fourth-order valence-electron chi connectivity index (χ4n) is 2.76. The van der Waals surface area contributed by atoms with Gasteiger partial charge in [0.15, 0.2) is 5.96 Å². The van der Waals surface area contributed by atoms with Crippen LogP contribution in [-0.2, 0) is 10.3 Å². The summed E-state index contributed by atoms with van der Waals surface area (Å²) in [6.45, 7) is 15.5. The Balaban J connectivity index is 0.00000625.